The van der Waals surface area contributed by atoms with Crippen molar-refractivity contribution in [1.29, 1.82) is 0 Å². The molecule has 0 spiro atoms. The smallest absolute Gasteiger partial charge is 0.177 e. The predicted molar refractivity (Wildman–Crippen MR) is 36.8 cm³/mol. The molecular formula is C7H9N2O2. The number of hydrogen-bond acceptors (Lipinski definition) is 3. The number of hydrogen-bond donors (Lipinski definition) is 0. The third-order valence-electron chi connectivity index (χ3n) is 1.53. The fraction of sp³-hybridized carbons (Fsp3) is 0.571. The first-order valence-corrected chi connectivity index (χ1v) is 3.57. The summed E-state index contributed by atoms with van der Waals surface area (Å²) in [5.41, 5.74) is 0. The summed E-state index contributed by atoms with van der Waals surface area (Å²) in [5.74, 6) is 0. The summed E-state index contributed by atoms with van der Waals surface area (Å²) in [7, 11) is 0. The lowest BCUT2D eigenvalue weighted by molar-refractivity contribution is -0.0545. The fourth-order valence-corrected chi connectivity index (χ4v) is 1.03. The maximum absolute atomic E-state index is 5.23. The molecule has 1 aliphatic rings. The molecule has 1 fully saturated rings. The van der Waals surface area contributed by atoms with Gasteiger partial charge in [-0.1, -0.05) is 0 Å². The normalized spacial score (nSPS) is 19.3. The van der Waals surface area contributed by atoms with E-state index < -0.39 is 0 Å². The minimum absolute atomic E-state index is 0.122. The van der Waals surface area contributed by atoms with E-state index in [-0.39, 0.29) is 6.29 Å². The van der Waals surface area contributed by atoms with Crippen LogP contribution < -0.4 is 0 Å². The zero-order valence-corrected chi connectivity index (χ0v) is 6.06. The van der Waals surface area contributed by atoms with Crippen molar-refractivity contribution < 1.29 is 9.47 Å². The molecule has 0 aromatic carbocycles. The molecule has 2 rings (SSSR count). The third kappa shape index (κ3) is 1.58. The van der Waals surface area contributed by atoms with Crippen LogP contribution in [0, 0.1) is 6.07 Å². The second-order valence-corrected chi connectivity index (χ2v) is 2.33. The van der Waals surface area contributed by atoms with Crippen molar-refractivity contribution in [2.24, 2.45) is 0 Å². The van der Waals surface area contributed by atoms with Crippen molar-refractivity contribution >= 4 is 0 Å². The van der Waals surface area contributed by atoms with Crippen LogP contribution >= 0.6 is 0 Å². The van der Waals surface area contributed by atoms with Gasteiger partial charge in [0.25, 0.3) is 0 Å². The molecule has 2 heterocycles. The van der Waals surface area contributed by atoms with Gasteiger partial charge in [0.2, 0.25) is 0 Å². The highest BCUT2D eigenvalue weighted by atomic mass is 16.7. The number of nitrogens with zero attached hydrogens (tertiary/aromatic N) is 2. The average molecular weight is 153 g/mol. The van der Waals surface area contributed by atoms with E-state index in [0.29, 0.717) is 19.8 Å². The summed E-state index contributed by atoms with van der Waals surface area (Å²) in [6.07, 6.45) is 3.27. The second-order valence-electron chi connectivity index (χ2n) is 2.33. The number of rotatable bonds is 2. The van der Waals surface area contributed by atoms with E-state index >= 15 is 0 Å². The third-order valence-corrected chi connectivity index (χ3v) is 1.53. The fourth-order valence-electron chi connectivity index (χ4n) is 1.03. The molecule has 0 N–H and O–H groups in total. The molecule has 11 heavy (non-hydrogen) atoms. The molecule has 0 bridgehead atoms. The Morgan fingerprint density at radius 2 is 2.36 bits per heavy atom. The minimum Gasteiger partial charge on any atom is -0.348 e. The lowest BCUT2D eigenvalue weighted by Gasteiger charge is -2.07. The van der Waals surface area contributed by atoms with Crippen molar-refractivity contribution in [2.75, 3.05) is 13.2 Å². The van der Waals surface area contributed by atoms with Crippen molar-refractivity contribution in [1.82, 2.24) is 9.78 Å². The SMILES string of the molecule is [c]1cnn(CC2OCCO2)c1. The molecule has 0 atom stereocenters. The molecule has 1 aliphatic heterocycles. The van der Waals surface area contributed by atoms with Gasteiger partial charge in [-0.3, -0.25) is 4.68 Å². The molecule has 0 amide bonds. The van der Waals surface area contributed by atoms with Crippen LogP contribution in [0.3, 0.4) is 0 Å². The van der Waals surface area contributed by atoms with Crippen molar-refractivity contribution in [2.45, 2.75) is 12.8 Å². The van der Waals surface area contributed by atoms with Gasteiger partial charge in [-0.25, -0.2) is 0 Å². The van der Waals surface area contributed by atoms with Crippen LogP contribution in [0.5, 0.6) is 0 Å². The molecule has 0 aliphatic carbocycles. The molecule has 1 saturated heterocycles. The average Bonchev–Trinajstić information content (AvgIpc) is 2.60. The van der Waals surface area contributed by atoms with Gasteiger partial charge >= 0.3 is 0 Å². The summed E-state index contributed by atoms with van der Waals surface area (Å²) in [4.78, 5) is 0. The minimum atomic E-state index is -0.122. The Balaban J connectivity index is 1.90. The number of aromatic nitrogens is 2. The molecule has 1 aromatic heterocycles. The van der Waals surface area contributed by atoms with E-state index in [0.717, 1.165) is 0 Å². The lowest BCUT2D eigenvalue weighted by atomic mass is 10.6. The maximum Gasteiger partial charge on any atom is 0.177 e. The Kier molecular flexibility index (Phi) is 1.87. The second kappa shape index (κ2) is 3.02. The molecule has 0 unspecified atom stereocenters. The monoisotopic (exact) mass is 153 g/mol. The molecule has 59 valence electrons. The highest BCUT2D eigenvalue weighted by Gasteiger charge is 2.15. The summed E-state index contributed by atoms with van der Waals surface area (Å²) in [6, 6.07) is 2.84. The van der Waals surface area contributed by atoms with Crippen LogP contribution in [0.25, 0.3) is 0 Å². The molecular weight excluding hydrogens is 144 g/mol. The molecule has 4 nitrogen and oxygen atoms in total. The Bertz CT molecular complexity index is 204. The lowest BCUT2D eigenvalue weighted by Crippen LogP contribution is -2.16. The maximum atomic E-state index is 5.23. The van der Waals surface area contributed by atoms with Crippen LogP contribution in [0.2, 0.25) is 0 Å². The van der Waals surface area contributed by atoms with E-state index in [2.05, 4.69) is 11.2 Å². The first-order chi connectivity index (χ1) is 5.45. The molecule has 0 saturated carbocycles. The van der Waals surface area contributed by atoms with Crippen molar-refractivity contribution in [3.63, 3.8) is 0 Å². The Hall–Kier alpha value is -0.870. The van der Waals surface area contributed by atoms with Crippen molar-refractivity contribution in [3.05, 3.63) is 18.5 Å². The van der Waals surface area contributed by atoms with Gasteiger partial charge in [0.15, 0.2) is 6.29 Å². The van der Waals surface area contributed by atoms with Gasteiger partial charge in [0, 0.05) is 12.3 Å². The summed E-state index contributed by atoms with van der Waals surface area (Å²) < 4.78 is 12.2. The largest absolute Gasteiger partial charge is 0.348 e. The zero-order chi connectivity index (χ0) is 7.52. The summed E-state index contributed by atoms with van der Waals surface area (Å²) >= 11 is 0. The topological polar surface area (TPSA) is 36.3 Å². The van der Waals surface area contributed by atoms with Gasteiger partial charge < -0.3 is 9.47 Å². The Morgan fingerprint density at radius 3 is 3.00 bits per heavy atom. The van der Waals surface area contributed by atoms with Crippen LogP contribution in [0.15, 0.2) is 12.4 Å². The van der Waals surface area contributed by atoms with Gasteiger partial charge in [0.05, 0.1) is 26.0 Å². The van der Waals surface area contributed by atoms with Crippen LogP contribution in [0.1, 0.15) is 0 Å². The molecule has 1 aromatic rings. The van der Waals surface area contributed by atoms with Crippen molar-refractivity contribution in [3.8, 4) is 0 Å². The van der Waals surface area contributed by atoms with E-state index in [1.165, 1.54) is 0 Å². The summed E-state index contributed by atoms with van der Waals surface area (Å²) in [5, 5.41) is 3.98. The molecule has 4 heteroatoms. The van der Waals surface area contributed by atoms with Crippen LogP contribution in [-0.4, -0.2) is 29.3 Å². The van der Waals surface area contributed by atoms with Gasteiger partial charge in [-0.2, -0.15) is 5.10 Å². The Labute approximate surface area is 64.7 Å². The van der Waals surface area contributed by atoms with E-state index in [1.807, 2.05) is 0 Å². The first kappa shape index (κ1) is 6.82. The summed E-state index contributed by atoms with van der Waals surface area (Å²) in [6.45, 7) is 2.04. The quantitative estimate of drug-likeness (QED) is 0.602. The van der Waals surface area contributed by atoms with Crippen LogP contribution in [-0.2, 0) is 16.0 Å². The van der Waals surface area contributed by atoms with Gasteiger partial charge in [0.1, 0.15) is 0 Å². The number of ether oxygens (including phenoxy) is 2. The standard InChI is InChI=1S/C7H9N2O2/c1-2-8-9(3-1)6-7-10-4-5-11-7/h2-3,7H,4-6H2. The molecule has 1 radical (unpaired) electrons. The van der Waals surface area contributed by atoms with E-state index in [1.54, 1.807) is 17.1 Å². The first-order valence-electron chi connectivity index (χ1n) is 3.57. The van der Waals surface area contributed by atoms with Gasteiger partial charge in [-0.05, 0) is 0 Å². The van der Waals surface area contributed by atoms with E-state index in [4.69, 9.17) is 9.47 Å². The van der Waals surface area contributed by atoms with E-state index in [9.17, 15) is 0 Å². The Morgan fingerprint density at radius 1 is 1.55 bits per heavy atom. The highest BCUT2D eigenvalue weighted by Crippen LogP contribution is 2.04. The predicted octanol–water partition coefficient (Wildman–Crippen LogP) is 0.0562. The van der Waals surface area contributed by atoms with Gasteiger partial charge in [-0.15, -0.1) is 0 Å². The highest BCUT2D eigenvalue weighted by molar-refractivity contribution is 4.75. The van der Waals surface area contributed by atoms with Crippen LogP contribution in [0.4, 0.5) is 0 Å². The zero-order valence-electron chi connectivity index (χ0n) is 6.06.